The Bertz CT molecular complexity index is 554. The van der Waals surface area contributed by atoms with Crippen LogP contribution < -0.4 is 0 Å². The predicted molar refractivity (Wildman–Crippen MR) is 81.3 cm³/mol. The first-order valence-electron chi connectivity index (χ1n) is 6.84. The number of benzene rings is 1. The Morgan fingerprint density at radius 1 is 1.25 bits per heavy atom. The summed E-state index contributed by atoms with van der Waals surface area (Å²) in [5, 5.41) is 0. The van der Waals surface area contributed by atoms with Crippen molar-refractivity contribution in [1.82, 2.24) is 9.55 Å². The molecular formula is C15H21ClN2O2. The number of nitrogens with zero attached hydrogens (tertiary/aromatic N) is 2. The molecule has 0 radical (unpaired) electrons. The Morgan fingerprint density at radius 2 is 2.10 bits per heavy atom. The molecule has 0 N–H and O–H groups in total. The van der Waals surface area contributed by atoms with Crippen LogP contribution in [-0.2, 0) is 21.9 Å². The molecule has 0 amide bonds. The highest BCUT2D eigenvalue weighted by Crippen LogP contribution is 2.19. The Kier molecular flexibility index (Phi) is 5.83. The number of imidazole rings is 1. The standard InChI is InChI=1S/C15H21ClN2O2/c1-12-4-5-14-13(10-12)17-15(11-16)18(14)6-3-7-20-9-8-19-2/h4-5,10H,3,6-9,11H2,1-2H3. The molecule has 5 heteroatoms. The number of fused-ring (bicyclic) bond motifs is 1. The molecule has 0 bridgehead atoms. The van der Waals surface area contributed by atoms with E-state index < -0.39 is 0 Å². The second kappa shape index (κ2) is 7.62. The molecule has 20 heavy (non-hydrogen) atoms. The van der Waals surface area contributed by atoms with E-state index in [4.69, 9.17) is 21.1 Å². The largest absolute Gasteiger partial charge is 0.382 e. The summed E-state index contributed by atoms with van der Waals surface area (Å²) in [6, 6.07) is 6.31. The zero-order valence-corrected chi connectivity index (χ0v) is 12.8. The normalized spacial score (nSPS) is 11.3. The third-order valence-electron chi connectivity index (χ3n) is 3.20. The van der Waals surface area contributed by atoms with Gasteiger partial charge in [0, 0.05) is 20.3 Å². The van der Waals surface area contributed by atoms with E-state index >= 15 is 0 Å². The molecule has 4 nitrogen and oxygen atoms in total. The van der Waals surface area contributed by atoms with E-state index in [0.29, 0.717) is 19.1 Å². The van der Waals surface area contributed by atoms with Gasteiger partial charge in [0.2, 0.25) is 0 Å². The van der Waals surface area contributed by atoms with Gasteiger partial charge in [0.1, 0.15) is 5.82 Å². The van der Waals surface area contributed by atoms with Gasteiger partial charge < -0.3 is 14.0 Å². The second-order valence-electron chi connectivity index (χ2n) is 4.76. The lowest BCUT2D eigenvalue weighted by molar-refractivity contribution is 0.0681. The zero-order chi connectivity index (χ0) is 14.4. The first kappa shape index (κ1) is 15.3. The van der Waals surface area contributed by atoms with E-state index in [-0.39, 0.29) is 0 Å². The van der Waals surface area contributed by atoms with E-state index in [0.717, 1.165) is 36.4 Å². The van der Waals surface area contributed by atoms with Crippen molar-refractivity contribution < 1.29 is 9.47 Å². The number of aryl methyl sites for hydroxylation is 2. The lowest BCUT2D eigenvalue weighted by atomic mass is 10.2. The molecule has 2 aromatic rings. The fourth-order valence-electron chi connectivity index (χ4n) is 2.21. The van der Waals surface area contributed by atoms with Gasteiger partial charge in [-0.2, -0.15) is 0 Å². The molecule has 0 aliphatic carbocycles. The summed E-state index contributed by atoms with van der Waals surface area (Å²) >= 11 is 5.99. The highest BCUT2D eigenvalue weighted by molar-refractivity contribution is 6.16. The first-order valence-corrected chi connectivity index (χ1v) is 7.38. The molecule has 1 aromatic heterocycles. The minimum Gasteiger partial charge on any atom is -0.382 e. The van der Waals surface area contributed by atoms with Gasteiger partial charge in [-0.25, -0.2) is 4.98 Å². The van der Waals surface area contributed by atoms with Crippen LogP contribution in [0.25, 0.3) is 11.0 Å². The van der Waals surface area contributed by atoms with Crippen LogP contribution in [0.1, 0.15) is 17.8 Å². The minimum absolute atomic E-state index is 0.429. The second-order valence-corrected chi connectivity index (χ2v) is 5.03. The van der Waals surface area contributed by atoms with Gasteiger partial charge in [0.25, 0.3) is 0 Å². The summed E-state index contributed by atoms with van der Waals surface area (Å²) in [6.45, 7) is 4.94. The molecule has 1 aromatic carbocycles. The van der Waals surface area contributed by atoms with E-state index in [9.17, 15) is 0 Å². The van der Waals surface area contributed by atoms with Gasteiger partial charge in [0.15, 0.2) is 0 Å². The van der Waals surface area contributed by atoms with Crippen molar-refractivity contribution in [2.75, 3.05) is 26.9 Å². The van der Waals surface area contributed by atoms with Gasteiger partial charge in [-0.1, -0.05) is 6.07 Å². The van der Waals surface area contributed by atoms with Crippen LogP contribution in [0.2, 0.25) is 0 Å². The van der Waals surface area contributed by atoms with Crippen molar-refractivity contribution in [2.45, 2.75) is 25.8 Å². The molecule has 0 unspecified atom stereocenters. The SMILES string of the molecule is COCCOCCCn1c(CCl)nc2cc(C)ccc21. The van der Waals surface area contributed by atoms with Crippen LogP contribution in [0.15, 0.2) is 18.2 Å². The van der Waals surface area contributed by atoms with E-state index in [2.05, 4.69) is 34.7 Å². The van der Waals surface area contributed by atoms with Crippen molar-refractivity contribution >= 4 is 22.6 Å². The van der Waals surface area contributed by atoms with E-state index in [1.807, 2.05) is 0 Å². The maximum absolute atomic E-state index is 5.99. The van der Waals surface area contributed by atoms with Crippen molar-refractivity contribution in [2.24, 2.45) is 0 Å². The lowest BCUT2D eigenvalue weighted by Crippen LogP contribution is -2.08. The van der Waals surface area contributed by atoms with Crippen LogP contribution in [0.3, 0.4) is 0 Å². The molecule has 0 atom stereocenters. The maximum Gasteiger partial charge on any atom is 0.124 e. The van der Waals surface area contributed by atoms with Gasteiger partial charge in [-0.3, -0.25) is 0 Å². The zero-order valence-electron chi connectivity index (χ0n) is 12.1. The Morgan fingerprint density at radius 3 is 2.85 bits per heavy atom. The summed E-state index contributed by atoms with van der Waals surface area (Å²) in [4.78, 5) is 4.59. The number of halogens is 1. The fraction of sp³-hybridized carbons (Fsp3) is 0.533. The van der Waals surface area contributed by atoms with E-state index in [1.54, 1.807) is 7.11 Å². The summed E-state index contributed by atoms with van der Waals surface area (Å²) in [6.07, 6.45) is 0.937. The lowest BCUT2D eigenvalue weighted by Gasteiger charge is -2.08. The molecule has 0 saturated heterocycles. The van der Waals surface area contributed by atoms with Crippen LogP contribution in [0.5, 0.6) is 0 Å². The first-order chi connectivity index (χ1) is 9.76. The number of hydrogen-bond donors (Lipinski definition) is 0. The average molecular weight is 297 g/mol. The van der Waals surface area contributed by atoms with Gasteiger partial charge >= 0.3 is 0 Å². The number of aromatic nitrogens is 2. The number of hydrogen-bond acceptors (Lipinski definition) is 3. The summed E-state index contributed by atoms with van der Waals surface area (Å²) < 4.78 is 12.6. The van der Waals surface area contributed by atoms with Crippen molar-refractivity contribution in [1.29, 1.82) is 0 Å². The third kappa shape index (κ3) is 3.72. The van der Waals surface area contributed by atoms with Crippen LogP contribution in [0.4, 0.5) is 0 Å². The highest BCUT2D eigenvalue weighted by Gasteiger charge is 2.09. The number of ether oxygens (including phenoxy) is 2. The molecule has 2 rings (SSSR count). The predicted octanol–water partition coefficient (Wildman–Crippen LogP) is 3.14. The monoisotopic (exact) mass is 296 g/mol. The molecule has 110 valence electrons. The number of rotatable bonds is 8. The Labute approximate surface area is 124 Å². The quantitative estimate of drug-likeness (QED) is 0.555. The third-order valence-corrected chi connectivity index (χ3v) is 3.44. The Balaban J connectivity index is 2.01. The van der Waals surface area contributed by atoms with E-state index in [1.165, 1.54) is 5.56 Å². The summed E-state index contributed by atoms with van der Waals surface area (Å²) in [7, 11) is 1.68. The van der Waals surface area contributed by atoms with Gasteiger partial charge in [-0.05, 0) is 31.0 Å². The van der Waals surface area contributed by atoms with Crippen LogP contribution in [0, 0.1) is 6.92 Å². The van der Waals surface area contributed by atoms with Gasteiger partial charge in [-0.15, -0.1) is 11.6 Å². The topological polar surface area (TPSA) is 36.3 Å². The summed E-state index contributed by atoms with van der Waals surface area (Å²) in [5.74, 6) is 1.35. The highest BCUT2D eigenvalue weighted by atomic mass is 35.5. The van der Waals surface area contributed by atoms with Gasteiger partial charge in [0.05, 0.1) is 30.1 Å². The van der Waals surface area contributed by atoms with Crippen molar-refractivity contribution in [3.05, 3.63) is 29.6 Å². The molecule has 0 spiro atoms. The molecule has 0 aliphatic rings. The molecule has 1 heterocycles. The van der Waals surface area contributed by atoms with Crippen molar-refractivity contribution in [3.63, 3.8) is 0 Å². The number of methoxy groups -OCH3 is 1. The van der Waals surface area contributed by atoms with Crippen molar-refractivity contribution in [3.8, 4) is 0 Å². The smallest absolute Gasteiger partial charge is 0.124 e. The van der Waals surface area contributed by atoms with Crippen LogP contribution >= 0.6 is 11.6 Å². The number of alkyl halides is 1. The molecule has 0 aliphatic heterocycles. The minimum atomic E-state index is 0.429. The van der Waals surface area contributed by atoms with Crippen LogP contribution in [-0.4, -0.2) is 36.5 Å². The average Bonchev–Trinajstić information content (AvgIpc) is 2.79. The molecular weight excluding hydrogens is 276 g/mol. The summed E-state index contributed by atoms with van der Waals surface area (Å²) in [5.41, 5.74) is 3.37. The molecule has 0 saturated carbocycles. The Hall–Kier alpha value is -1.10. The maximum atomic E-state index is 5.99. The fourth-order valence-corrected chi connectivity index (χ4v) is 2.41. The molecule has 0 fully saturated rings.